The van der Waals surface area contributed by atoms with Crippen molar-refractivity contribution < 1.29 is 9.90 Å². The molecule has 20 heavy (non-hydrogen) atoms. The van der Waals surface area contributed by atoms with Crippen LogP contribution in [-0.2, 0) is 4.79 Å². The van der Waals surface area contributed by atoms with E-state index in [0.717, 1.165) is 29.4 Å². The van der Waals surface area contributed by atoms with Gasteiger partial charge in [-0.15, -0.1) is 11.3 Å². The molecule has 1 N–H and O–H groups in total. The lowest BCUT2D eigenvalue weighted by Gasteiger charge is -2.22. The third kappa shape index (κ3) is 2.20. The first-order valence-corrected chi connectivity index (χ1v) is 7.57. The van der Waals surface area contributed by atoms with Crippen molar-refractivity contribution in [3.63, 3.8) is 0 Å². The number of hydrogen-bond donors (Lipinski definition) is 1. The summed E-state index contributed by atoms with van der Waals surface area (Å²) in [5.41, 5.74) is 0.851. The SMILES string of the molecule is CC1CC(C)N(c2nc3sccn3c2/C=C/C(=O)O)C1. The molecule has 0 aliphatic carbocycles. The van der Waals surface area contributed by atoms with Gasteiger partial charge in [-0.1, -0.05) is 6.92 Å². The standard InChI is InChI=1S/C14H17N3O2S/c1-9-7-10(2)17(8-9)13-11(3-4-12(18)19)16-5-6-20-14(16)15-13/h3-6,9-10H,7-8H2,1-2H3,(H,18,19)/b4-3+. The van der Waals surface area contributed by atoms with Gasteiger partial charge >= 0.3 is 5.97 Å². The topological polar surface area (TPSA) is 57.8 Å². The number of carboxylic acids is 1. The molecule has 1 saturated heterocycles. The van der Waals surface area contributed by atoms with Gasteiger partial charge in [0.25, 0.3) is 0 Å². The van der Waals surface area contributed by atoms with Crippen molar-refractivity contribution in [3.8, 4) is 0 Å². The number of carbonyl (C=O) groups is 1. The number of thiazole rings is 1. The van der Waals surface area contributed by atoms with Gasteiger partial charge < -0.3 is 10.0 Å². The Balaban J connectivity index is 2.07. The van der Waals surface area contributed by atoms with Gasteiger partial charge in [0.2, 0.25) is 0 Å². The molecule has 1 aliphatic rings. The van der Waals surface area contributed by atoms with Crippen LogP contribution < -0.4 is 4.90 Å². The van der Waals surface area contributed by atoms with Gasteiger partial charge in [-0.2, -0.15) is 0 Å². The maximum absolute atomic E-state index is 10.8. The van der Waals surface area contributed by atoms with Crippen LogP contribution in [0.5, 0.6) is 0 Å². The molecule has 6 heteroatoms. The molecule has 2 atom stereocenters. The Morgan fingerprint density at radius 2 is 2.35 bits per heavy atom. The lowest BCUT2D eigenvalue weighted by atomic mass is 10.1. The average molecular weight is 291 g/mol. The molecule has 0 bridgehead atoms. The minimum absolute atomic E-state index is 0.437. The number of hydrogen-bond acceptors (Lipinski definition) is 4. The molecular formula is C14H17N3O2S. The van der Waals surface area contributed by atoms with Crippen LogP contribution in [-0.4, -0.2) is 33.0 Å². The molecule has 5 nitrogen and oxygen atoms in total. The van der Waals surface area contributed by atoms with Crippen LogP contribution in [0.15, 0.2) is 17.7 Å². The van der Waals surface area contributed by atoms with Crippen LogP contribution in [0.2, 0.25) is 0 Å². The molecule has 2 unspecified atom stereocenters. The van der Waals surface area contributed by atoms with Gasteiger partial charge in [-0.3, -0.25) is 4.40 Å². The highest BCUT2D eigenvalue weighted by Gasteiger charge is 2.30. The van der Waals surface area contributed by atoms with E-state index < -0.39 is 5.97 Å². The normalized spacial score (nSPS) is 23.2. The van der Waals surface area contributed by atoms with Crippen LogP contribution in [0, 0.1) is 5.92 Å². The van der Waals surface area contributed by atoms with Gasteiger partial charge in [0, 0.05) is 30.2 Å². The number of nitrogens with zero attached hydrogens (tertiary/aromatic N) is 3. The van der Waals surface area contributed by atoms with E-state index >= 15 is 0 Å². The van der Waals surface area contributed by atoms with E-state index in [2.05, 4.69) is 23.7 Å². The Morgan fingerprint density at radius 1 is 1.55 bits per heavy atom. The molecule has 1 aliphatic heterocycles. The summed E-state index contributed by atoms with van der Waals surface area (Å²) < 4.78 is 1.95. The van der Waals surface area contributed by atoms with E-state index in [1.54, 1.807) is 17.4 Å². The maximum atomic E-state index is 10.8. The highest BCUT2D eigenvalue weighted by atomic mass is 32.1. The van der Waals surface area contributed by atoms with Crippen molar-refractivity contribution in [2.75, 3.05) is 11.4 Å². The van der Waals surface area contributed by atoms with Gasteiger partial charge in [-0.25, -0.2) is 9.78 Å². The third-order valence-corrected chi connectivity index (χ3v) is 4.48. The van der Waals surface area contributed by atoms with E-state index in [4.69, 9.17) is 5.11 Å². The van der Waals surface area contributed by atoms with E-state index in [1.807, 2.05) is 16.0 Å². The van der Waals surface area contributed by atoms with Crippen molar-refractivity contribution >= 4 is 34.2 Å². The summed E-state index contributed by atoms with van der Waals surface area (Å²) in [5, 5.41) is 10.8. The number of anilines is 1. The van der Waals surface area contributed by atoms with Gasteiger partial charge in [0.15, 0.2) is 10.8 Å². The van der Waals surface area contributed by atoms with Crippen molar-refractivity contribution in [3.05, 3.63) is 23.3 Å². The quantitative estimate of drug-likeness (QED) is 0.883. The number of imidazole rings is 1. The molecule has 1 fully saturated rings. The summed E-state index contributed by atoms with van der Waals surface area (Å²) in [4.78, 5) is 18.7. The Labute approximate surface area is 121 Å². The molecular weight excluding hydrogens is 274 g/mol. The van der Waals surface area contributed by atoms with Crippen LogP contribution in [0.4, 0.5) is 5.82 Å². The highest BCUT2D eigenvalue weighted by Crippen LogP contribution is 2.33. The monoisotopic (exact) mass is 291 g/mol. The first-order chi connectivity index (χ1) is 9.56. The predicted octanol–water partition coefficient (Wildman–Crippen LogP) is 2.73. The Morgan fingerprint density at radius 3 is 3.00 bits per heavy atom. The minimum atomic E-state index is -0.941. The molecule has 2 aromatic rings. The second kappa shape index (κ2) is 4.94. The summed E-state index contributed by atoms with van der Waals surface area (Å²) in [6, 6.07) is 0.437. The first-order valence-electron chi connectivity index (χ1n) is 6.69. The van der Waals surface area contributed by atoms with Crippen molar-refractivity contribution in [2.45, 2.75) is 26.3 Å². The van der Waals surface area contributed by atoms with E-state index in [0.29, 0.717) is 12.0 Å². The van der Waals surface area contributed by atoms with E-state index in [1.165, 1.54) is 6.08 Å². The maximum Gasteiger partial charge on any atom is 0.328 e. The number of rotatable bonds is 3. The zero-order chi connectivity index (χ0) is 14.3. The lowest BCUT2D eigenvalue weighted by Crippen LogP contribution is -2.27. The Bertz CT molecular complexity index is 673. The number of carboxylic acid groups (broad SMARTS) is 1. The van der Waals surface area contributed by atoms with Gasteiger partial charge in [0.1, 0.15) is 0 Å². The summed E-state index contributed by atoms with van der Waals surface area (Å²) in [5.74, 6) is 0.594. The van der Waals surface area contributed by atoms with Gasteiger partial charge in [0.05, 0.1) is 5.69 Å². The number of aromatic nitrogens is 2. The summed E-state index contributed by atoms with van der Waals surface area (Å²) >= 11 is 1.56. The molecule has 3 rings (SSSR count). The Hall–Kier alpha value is -1.82. The Kier molecular flexibility index (Phi) is 3.25. The molecule has 0 amide bonds. The number of aliphatic carboxylic acids is 1. The molecule has 0 radical (unpaired) electrons. The van der Waals surface area contributed by atoms with Crippen LogP contribution in [0.1, 0.15) is 26.0 Å². The van der Waals surface area contributed by atoms with Crippen LogP contribution in [0.25, 0.3) is 11.0 Å². The van der Waals surface area contributed by atoms with Crippen molar-refractivity contribution in [2.24, 2.45) is 5.92 Å². The summed E-state index contributed by atoms with van der Waals surface area (Å²) in [6.45, 7) is 5.41. The zero-order valence-electron chi connectivity index (χ0n) is 11.5. The average Bonchev–Trinajstić information content (AvgIpc) is 3.00. The predicted molar refractivity (Wildman–Crippen MR) is 80.3 cm³/mol. The fraction of sp³-hybridized carbons (Fsp3) is 0.429. The largest absolute Gasteiger partial charge is 0.478 e. The fourth-order valence-electron chi connectivity index (χ4n) is 2.90. The van der Waals surface area contributed by atoms with Crippen LogP contribution >= 0.6 is 11.3 Å². The molecule has 0 saturated carbocycles. The van der Waals surface area contributed by atoms with Crippen molar-refractivity contribution in [1.82, 2.24) is 9.38 Å². The van der Waals surface area contributed by atoms with Crippen LogP contribution in [0.3, 0.4) is 0 Å². The molecule has 2 aromatic heterocycles. The second-order valence-electron chi connectivity index (χ2n) is 5.39. The summed E-state index contributed by atoms with van der Waals surface area (Å²) in [6.07, 6.45) is 5.89. The molecule has 0 spiro atoms. The summed E-state index contributed by atoms with van der Waals surface area (Å²) in [7, 11) is 0. The molecule has 3 heterocycles. The highest BCUT2D eigenvalue weighted by molar-refractivity contribution is 7.15. The lowest BCUT2D eigenvalue weighted by molar-refractivity contribution is -0.131. The second-order valence-corrected chi connectivity index (χ2v) is 6.26. The molecule has 106 valence electrons. The van der Waals surface area contributed by atoms with E-state index in [-0.39, 0.29) is 0 Å². The van der Waals surface area contributed by atoms with E-state index in [9.17, 15) is 4.79 Å². The van der Waals surface area contributed by atoms with Crippen molar-refractivity contribution in [1.29, 1.82) is 0 Å². The minimum Gasteiger partial charge on any atom is -0.478 e. The zero-order valence-corrected chi connectivity index (χ0v) is 12.3. The third-order valence-electron chi connectivity index (χ3n) is 3.72. The first kappa shape index (κ1) is 13.2. The van der Waals surface area contributed by atoms with Gasteiger partial charge in [-0.05, 0) is 25.3 Å². The molecule has 0 aromatic carbocycles. The fourth-order valence-corrected chi connectivity index (χ4v) is 3.62. The number of fused-ring (bicyclic) bond motifs is 1. The smallest absolute Gasteiger partial charge is 0.328 e.